The second-order valence-corrected chi connectivity index (χ2v) is 11.7. The number of hydrogen-bond acceptors (Lipinski definition) is 8. The molecule has 1 aliphatic rings. The highest BCUT2D eigenvalue weighted by Crippen LogP contribution is 2.39. The largest absolute Gasteiger partial charge is 0.382 e. The Morgan fingerprint density at radius 2 is 1.77 bits per heavy atom. The molecule has 3 aromatic carbocycles. The van der Waals surface area contributed by atoms with Crippen molar-refractivity contribution in [2.75, 3.05) is 18.5 Å². The molecule has 1 saturated heterocycles. The van der Waals surface area contributed by atoms with Crippen LogP contribution in [0.1, 0.15) is 45.1 Å². The monoisotopic (exact) mass is 609 g/mol. The maximum absolute atomic E-state index is 14.8. The maximum Gasteiger partial charge on any atom is 0.255 e. The first kappa shape index (κ1) is 30.3. The lowest BCUT2D eigenvalue weighted by atomic mass is 9.90. The van der Waals surface area contributed by atoms with Crippen LogP contribution in [0.2, 0.25) is 0 Å². The smallest absolute Gasteiger partial charge is 0.255 e. The summed E-state index contributed by atoms with van der Waals surface area (Å²) in [5, 5.41) is 17.8. The Hall–Kier alpha value is -4.17. The van der Waals surface area contributed by atoms with Gasteiger partial charge < -0.3 is 25.6 Å². The van der Waals surface area contributed by atoms with Crippen LogP contribution in [-0.4, -0.2) is 55.4 Å². The van der Waals surface area contributed by atoms with Gasteiger partial charge in [-0.1, -0.05) is 25.1 Å². The summed E-state index contributed by atoms with van der Waals surface area (Å²) < 4.78 is 41.8. The Morgan fingerprint density at radius 1 is 1.09 bits per heavy atom. The van der Waals surface area contributed by atoms with E-state index in [9.17, 15) is 23.5 Å². The van der Waals surface area contributed by atoms with Crippen molar-refractivity contribution in [3.8, 4) is 0 Å². The second kappa shape index (κ2) is 13.0. The van der Waals surface area contributed by atoms with E-state index < -0.39 is 34.7 Å². The number of hydrogen-bond donors (Lipinski definition) is 3. The molecule has 13 heteroatoms. The molecule has 4 N–H and O–H groups in total. The molecular formula is C30H29F2N5O5S. The van der Waals surface area contributed by atoms with E-state index in [-0.39, 0.29) is 36.5 Å². The molecule has 2 amide bonds. The zero-order valence-electron chi connectivity index (χ0n) is 23.0. The average molecular weight is 610 g/mol. The number of nitrogens with two attached hydrogens (primary N) is 1. The third-order valence-electron chi connectivity index (χ3n) is 7.08. The van der Waals surface area contributed by atoms with Gasteiger partial charge in [0.05, 0.1) is 25.0 Å². The number of nitrogens with zero attached hydrogens (tertiary/aromatic N) is 3. The molecule has 0 saturated carbocycles. The average Bonchev–Trinajstić information content (AvgIpc) is 3.50. The number of amides is 2. The lowest BCUT2D eigenvalue weighted by Gasteiger charge is -2.37. The second-order valence-electron chi connectivity index (χ2n) is 10.1. The highest BCUT2D eigenvalue weighted by atomic mass is 32.2. The van der Waals surface area contributed by atoms with E-state index in [4.69, 9.17) is 15.2 Å². The van der Waals surface area contributed by atoms with Crippen molar-refractivity contribution >= 4 is 29.3 Å². The van der Waals surface area contributed by atoms with E-state index in [0.29, 0.717) is 16.8 Å². The third-order valence-corrected chi connectivity index (χ3v) is 8.53. The van der Waals surface area contributed by atoms with Crippen LogP contribution in [-0.2, 0) is 21.6 Å². The number of benzene rings is 3. The van der Waals surface area contributed by atoms with Crippen LogP contribution in [0.5, 0.6) is 0 Å². The van der Waals surface area contributed by atoms with Crippen molar-refractivity contribution in [2.24, 2.45) is 5.73 Å². The van der Waals surface area contributed by atoms with Crippen molar-refractivity contribution in [1.29, 1.82) is 0 Å². The molecule has 0 spiro atoms. The van der Waals surface area contributed by atoms with Crippen molar-refractivity contribution in [3.05, 3.63) is 113 Å². The molecule has 0 radical (unpaired) electrons. The molecule has 10 nitrogen and oxygen atoms in total. The van der Waals surface area contributed by atoms with Crippen LogP contribution >= 0.6 is 11.8 Å². The summed E-state index contributed by atoms with van der Waals surface area (Å²) in [6, 6.07) is 16.1. The third kappa shape index (κ3) is 7.08. The molecule has 0 aliphatic carbocycles. The van der Waals surface area contributed by atoms with Gasteiger partial charge in [-0.05, 0) is 42.5 Å². The van der Waals surface area contributed by atoms with Gasteiger partial charge in [0.15, 0.2) is 6.29 Å². The lowest BCUT2D eigenvalue weighted by molar-refractivity contribution is -0.180. The molecule has 43 heavy (non-hydrogen) atoms. The summed E-state index contributed by atoms with van der Waals surface area (Å²) in [5.74, 6) is -2.48. The van der Waals surface area contributed by atoms with E-state index in [2.05, 4.69) is 15.4 Å². The normalized spacial score (nSPS) is 18.9. The molecule has 2 atom stereocenters. The van der Waals surface area contributed by atoms with E-state index >= 15 is 0 Å². The summed E-state index contributed by atoms with van der Waals surface area (Å²) in [7, 11) is 0. The van der Waals surface area contributed by atoms with Gasteiger partial charge in [-0.3, -0.25) is 9.59 Å². The number of primary amides is 1. The van der Waals surface area contributed by atoms with Crippen molar-refractivity contribution in [2.45, 2.75) is 35.9 Å². The molecule has 0 bridgehead atoms. The van der Waals surface area contributed by atoms with Gasteiger partial charge in [0.2, 0.25) is 5.91 Å². The number of carbonyl (C=O) groups is 2. The van der Waals surface area contributed by atoms with Crippen molar-refractivity contribution < 1.29 is 33.0 Å². The Labute approximate surface area is 250 Å². The number of carbonyl (C=O) groups excluding carboxylic acids is 2. The zero-order chi connectivity index (χ0) is 30.6. The van der Waals surface area contributed by atoms with Gasteiger partial charge in [-0.25, -0.2) is 18.4 Å². The fourth-order valence-electron chi connectivity index (χ4n) is 4.71. The Balaban J connectivity index is 1.19. The van der Waals surface area contributed by atoms with Crippen LogP contribution in [0.25, 0.3) is 0 Å². The number of aromatic nitrogens is 3. The minimum atomic E-state index is -1.74. The zero-order valence-corrected chi connectivity index (χ0v) is 23.8. The molecule has 224 valence electrons. The fourth-order valence-corrected chi connectivity index (χ4v) is 6.02. The fraction of sp³-hybridized carbons (Fsp3) is 0.267. The molecule has 5 rings (SSSR count). The van der Waals surface area contributed by atoms with Crippen molar-refractivity contribution in [1.82, 2.24) is 14.8 Å². The van der Waals surface area contributed by atoms with Gasteiger partial charge in [0, 0.05) is 39.3 Å². The highest BCUT2D eigenvalue weighted by Gasteiger charge is 2.41. The first-order valence-electron chi connectivity index (χ1n) is 13.3. The predicted molar refractivity (Wildman–Crippen MR) is 155 cm³/mol. The SMILES string of the molecule is C[C@@H](SC1COC(c2ccc(C(=O)Nc3ccc(C(N)=O)cc3)cc2)OC1)[C@](O)(Cn1cncn1)c1ccc(F)cc1F. The number of aliphatic hydroxyl groups is 1. The summed E-state index contributed by atoms with van der Waals surface area (Å²) in [4.78, 5) is 27.8. The quantitative estimate of drug-likeness (QED) is 0.245. The minimum Gasteiger partial charge on any atom is -0.382 e. The summed E-state index contributed by atoms with van der Waals surface area (Å²) >= 11 is 1.36. The van der Waals surface area contributed by atoms with Crippen LogP contribution in [0.15, 0.2) is 79.4 Å². The minimum absolute atomic E-state index is 0.0493. The van der Waals surface area contributed by atoms with E-state index in [0.717, 1.165) is 17.7 Å². The van der Waals surface area contributed by atoms with Gasteiger partial charge in [-0.2, -0.15) is 5.10 Å². The number of anilines is 1. The number of ether oxygens (including phenoxy) is 2. The summed E-state index contributed by atoms with van der Waals surface area (Å²) in [6.07, 6.45) is 2.07. The Kier molecular flexibility index (Phi) is 9.16. The summed E-state index contributed by atoms with van der Waals surface area (Å²) in [5.41, 5.74) is 5.45. The van der Waals surface area contributed by atoms with Gasteiger partial charge in [0.1, 0.15) is 29.9 Å². The molecular weight excluding hydrogens is 580 g/mol. The number of nitrogens with one attached hydrogen (secondary N) is 1. The molecule has 4 aromatic rings. The lowest BCUT2D eigenvalue weighted by Crippen LogP contribution is -2.43. The van der Waals surface area contributed by atoms with Gasteiger partial charge >= 0.3 is 0 Å². The van der Waals surface area contributed by atoms with E-state index in [1.54, 1.807) is 43.3 Å². The van der Waals surface area contributed by atoms with Crippen molar-refractivity contribution in [3.63, 3.8) is 0 Å². The first-order chi connectivity index (χ1) is 20.6. The van der Waals surface area contributed by atoms with Crippen LogP contribution in [0, 0.1) is 11.6 Å². The topological polar surface area (TPSA) is 142 Å². The Bertz CT molecular complexity index is 1570. The molecule has 1 aromatic heterocycles. The number of rotatable bonds is 10. The highest BCUT2D eigenvalue weighted by molar-refractivity contribution is 8.00. The van der Waals surface area contributed by atoms with Gasteiger partial charge in [0.25, 0.3) is 5.91 Å². The van der Waals surface area contributed by atoms with Crippen LogP contribution < -0.4 is 11.1 Å². The van der Waals surface area contributed by atoms with Crippen LogP contribution in [0.4, 0.5) is 14.5 Å². The number of thioether (sulfide) groups is 1. The standard InChI is InChI=1S/C30H29F2N5O5S/c1-18(30(40,15-37-17-34-16-35-37)25-11-8-22(31)12-26(25)32)43-24-13-41-29(42-14-24)21-4-2-20(3-5-21)28(39)36-23-9-6-19(7-10-23)27(33)38/h2-12,16-18,24,29,40H,13-15H2,1H3,(H2,33,38)(H,36,39)/t18-,24?,29?,30-/m1/s1. The van der Waals surface area contributed by atoms with E-state index in [1.165, 1.54) is 47.3 Å². The predicted octanol–water partition coefficient (Wildman–Crippen LogP) is 4.03. The van der Waals surface area contributed by atoms with Gasteiger partial charge in [-0.15, -0.1) is 11.8 Å². The Morgan fingerprint density at radius 3 is 2.37 bits per heavy atom. The maximum atomic E-state index is 14.8. The summed E-state index contributed by atoms with van der Waals surface area (Å²) in [6.45, 7) is 2.23. The molecule has 2 heterocycles. The first-order valence-corrected chi connectivity index (χ1v) is 14.3. The number of halogens is 2. The molecule has 1 aliphatic heterocycles. The molecule has 1 fully saturated rings. The van der Waals surface area contributed by atoms with Crippen LogP contribution in [0.3, 0.4) is 0 Å². The van der Waals surface area contributed by atoms with E-state index in [1.807, 2.05) is 0 Å². The molecule has 0 unspecified atom stereocenters.